The minimum Gasteiger partial charge on any atom is -0.264 e. The van der Waals surface area contributed by atoms with E-state index in [1.807, 2.05) is 6.92 Å². The second-order valence-electron chi connectivity index (χ2n) is 3.29. The number of hydrogen-bond donors (Lipinski definition) is 0. The summed E-state index contributed by atoms with van der Waals surface area (Å²) in [7, 11) is 0. The van der Waals surface area contributed by atoms with Crippen LogP contribution < -0.4 is 0 Å². The first-order chi connectivity index (χ1) is 6.25. The molecule has 2 rings (SSSR count). The molecule has 1 aliphatic heterocycles. The van der Waals surface area contributed by atoms with Crippen LogP contribution in [0.4, 0.5) is 0 Å². The number of nitrogens with zero attached hydrogens (tertiary/aromatic N) is 2. The average Bonchev–Trinajstić information content (AvgIpc) is 2.53. The molecular formula is C11H12N2. The van der Waals surface area contributed by atoms with E-state index >= 15 is 0 Å². The zero-order chi connectivity index (χ0) is 9.26. The van der Waals surface area contributed by atoms with Crippen molar-refractivity contribution in [2.75, 3.05) is 6.54 Å². The van der Waals surface area contributed by atoms with Crippen molar-refractivity contribution < 1.29 is 0 Å². The standard InChI is InChI=1S/C11H12N2/c1-8-3-5-10(6-4-8)11-7-12-9(2)13-11/h3-6H,7H2,1-2H3. The van der Waals surface area contributed by atoms with Crippen molar-refractivity contribution >= 4 is 11.5 Å². The van der Waals surface area contributed by atoms with Crippen molar-refractivity contribution in [2.45, 2.75) is 13.8 Å². The molecule has 1 aliphatic rings. The molecule has 0 atom stereocenters. The van der Waals surface area contributed by atoms with Crippen LogP contribution in [0.5, 0.6) is 0 Å². The van der Waals surface area contributed by atoms with Crippen molar-refractivity contribution in [3.63, 3.8) is 0 Å². The summed E-state index contributed by atoms with van der Waals surface area (Å²) < 4.78 is 0. The fourth-order valence-corrected chi connectivity index (χ4v) is 1.36. The normalized spacial score (nSPS) is 15.5. The minimum atomic E-state index is 0.731. The molecule has 0 radical (unpaired) electrons. The van der Waals surface area contributed by atoms with Crippen LogP contribution in [0.15, 0.2) is 34.3 Å². The molecule has 0 fully saturated rings. The van der Waals surface area contributed by atoms with E-state index in [9.17, 15) is 0 Å². The van der Waals surface area contributed by atoms with Crippen LogP contribution in [0, 0.1) is 6.92 Å². The molecule has 0 aromatic heterocycles. The van der Waals surface area contributed by atoms with E-state index in [1.54, 1.807) is 0 Å². The maximum Gasteiger partial charge on any atom is 0.120 e. The Hall–Kier alpha value is -1.44. The van der Waals surface area contributed by atoms with Gasteiger partial charge in [-0.15, -0.1) is 0 Å². The topological polar surface area (TPSA) is 24.7 Å². The van der Waals surface area contributed by atoms with Gasteiger partial charge in [0.1, 0.15) is 5.84 Å². The van der Waals surface area contributed by atoms with E-state index < -0.39 is 0 Å². The van der Waals surface area contributed by atoms with Crippen molar-refractivity contribution in [3.05, 3.63) is 35.4 Å². The van der Waals surface area contributed by atoms with Gasteiger partial charge in [-0.2, -0.15) is 0 Å². The summed E-state index contributed by atoms with van der Waals surface area (Å²) in [5.41, 5.74) is 3.55. The molecular weight excluding hydrogens is 160 g/mol. The van der Waals surface area contributed by atoms with Crippen LogP contribution in [0.25, 0.3) is 0 Å². The lowest BCUT2D eigenvalue weighted by Crippen LogP contribution is -2.01. The predicted octanol–water partition coefficient (Wildman–Crippen LogP) is 2.22. The SMILES string of the molecule is CC1=NCC(c2ccc(C)cc2)=N1. The second-order valence-corrected chi connectivity index (χ2v) is 3.29. The lowest BCUT2D eigenvalue weighted by atomic mass is 10.1. The first kappa shape index (κ1) is 8.17. The summed E-state index contributed by atoms with van der Waals surface area (Å²) in [6.45, 7) is 4.75. The van der Waals surface area contributed by atoms with Gasteiger partial charge in [-0.3, -0.25) is 4.99 Å². The average molecular weight is 172 g/mol. The third-order valence-electron chi connectivity index (χ3n) is 2.14. The van der Waals surface area contributed by atoms with Crippen LogP contribution in [-0.2, 0) is 0 Å². The third-order valence-corrected chi connectivity index (χ3v) is 2.14. The van der Waals surface area contributed by atoms with Crippen LogP contribution >= 0.6 is 0 Å². The number of aliphatic imine (C=N–C) groups is 2. The van der Waals surface area contributed by atoms with Gasteiger partial charge in [0.05, 0.1) is 12.3 Å². The Balaban J connectivity index is 2.28. The largest absolute Gasteiger partial charge is 0.264 e. The summed E-state index contributed by atoms with van der Waals surface area (Å²) in [5, 5.41) is 0. The van der Waals surface area contributed by atoms with E-state index in [0.717, 1.165) is 18.1 Å². The van der Waals surface area contributed by atoms with E-state index in [2.05, 4.69) is 41.2 Å². The van der Waals surface area contributed by atoms with Gasteiger partial charge in [-0.05, 0) is 19.4 Å². The molecule has 0 bridgehead atoms. The van der Waals surface area contributed by atoms with E-state index in [0.29, 0.717) is 0 Å². The molecule has 2 nitrogen and oxygen atoms in total. The predicted molar refractivity (Wildman–Crippen MR) is 55.7 cm³/mol. The van der Waals surface area contributed by atoms with Crippen molar-refractivity contribution in [1.82, 2.24) is 0 Å². The summed E-state index contributed by atoms with van der Waals surface area (Å²) in [5.74, 6) is 0.885. The van der Waals surface area contributed by atoms with Crippen LogP contribution in [0.1, 0.15) is 18.1 Å². The molecule has 0 N–H and O–H groups in total. The Morgan fingerprint density at radius 3 is 2.31 bits per heavy atom. The highest BCUT2D eigenvalue weighted by Gasteiger charge is 2.07. The summed E-state index contributed by atoms with van der Waals surface area (Å²) in [4.78, 5) is 8.58. The van der Waals surface area contributed by atoms with Gasteiger partial charge in [0, 0.05) is 0 Å². The Labute approximate surface area is 78.0 Å². The smallest absolute Gasteiger partial charge is 0.120 e. The van der Waals surface area contributed by atoms with E-state index in [4.69, 9.17) is 0 Å². The molecule has 0 amide bonds. The van der Waals surface area contributed by atoms with Crippen molar-refractivity contribution in [1.29, 1.82) is 0 Å². The fourth-order valence-electron chi connectivity index (χ4n) is 1.36. The third kappa shape index (κ3) is 1.66. The molecule has 0 saturated carbocycles. The van der Waals surface area contributed by atoms with Crippen molar-refractivity contribution in [2.24, 2.45) is 9.98 Å². The molecule has 0 unspecified atom stereocenters. The molecule has 1 aromatic carbocycles. The number of aryl methyl sites for hydroxylation is 1. The fraction of sp³-hybridized carbons (Fsp3) is 0.273. The van der Waals surface area contributed by atoms with Crippen LogP contribution in [-0.4, -0.2) is 18.1 Å². The molecule has 1 heterocycles. The number of amidine groups is 1. The summed E-state index contributed by atoms with van der Waals surface area (Å²) in [6.07, 6.45) is 0. The monoisotopic (exact) mass is 172 g/mol. The highest BCUT2D eigenvalue weighted by molar-refractivity contribution is 6.11. The highest BCUT2D eigenvalue weighted by Crippen LogP contribution is 2.08. The highest BCUT2D eigenvalue weighted by atomic mass is 15.0. The molecule has 2 heteroatoms. The van der Waals surface area contributed by atoms with Gasteiger partial charge in [-0.25, -0.2) is 4.99 Å². The minimum absolute atomic E-state index is 0.731. The lowest BCUT2D eigenvalue weighted by molar-refractivity contribution is 1.32. The van der Waals surface area contributed by atoms with Gasteiger partial charge in [0.25, 0.3) is 0 Å². The zero-order valence-electron chi connectivity index (χ0n) is 7.91. The quantitative estimate of drug-likeness (QED) is 0.620. The maximum absolute atomic E-state index is 4.36. The van der Waals surface area contributed by atoms with Crippen molar-refractivity contribution in [3.8, 4) is 0 Å². The molecule has 66 valence electrons. The molecule has 1 aromatic rings. The second kappa shape index (κ2) is 3.13. The molecule has 0 aliphatic carbocycles. The number of rotatable bonds is 1. The van der Waals surface area contributed by atoms with Crippen LogP contribution in [0.2, 0.25) is 0 Å². The number of benzene rings is 1. The van der Waals surface area contributed by atoms with Gasteiger partial charge in [0.15, 0.2) is 0 Å². The molecule has 0 saturated heterocycles. The summed E-state index contributed by atoms with van der Waals surface area (Å²) >= 11 is 0. The van der Waals surface area contributed by atoms with Gasteiger partial charge >= 0.3 is 0 Å². The lowest BCUT2D eigenvalue weighted by Gasteiger charge is -1.99. The maximum atomic E-state index is 4.36. The molecule has 0 spiro atoms. The van der Waals surface area contributed by atoms with Gasteiger partial charge in [-0.1, -0.05) is 29.8 Å². The van der Waals surface area contributed by atoms with Crippen LogP contribution in [0.3, 0.4) is 0 Å². The number of hydrogen-bond acceptors (Lipinski definition) is 2. The Morgan fingerprint density at radius 2 is 1.77 bits per heavy atom. The summed E-state index contributed by atoms with van der Waals surface area (Å²) in [6, 6.07) is 8.40. The Kier molecular flexibility index (Phi) is 1.97. The molecule has 13 heavy (non-hydrogen) atoms. The first-order valence-electron chi connectivity index (χ1n) is 4.41. The van der Waals surface area contributed by atoms with E-state index in [1.165, 1.54) is 11.1 Å². The van der Waals surface area contributed by atoms with Gasteiger partial charge in [0.2, 0.25) is 0 Å². The Morgan fingerprint density at radius 1 is 1.08 bits per heavy atom. The Bertz CT molecular complexity index is 372. The van der Waals surface area contributed by atoms with E-state index in [-0.39, 0.29) is 0 Å². The van der Waals surface area contributed by atoms with Gasteiger partial charge < -0.3 is 0 Å². The first-order valence-corrected chi connectivity index (χ1v) is 4.41. The zero-order valence-corrected chi connectivity index (χ0v) is 7.91.